The van der Waals surface area contributed by atoms with Crippen molar-refractivity contribution in [3.05, 3.63) is 61.3 Å². The van der Waals surface area contributed by atoms with E-state index in [1.165, 1.54) is 12.1 Å². The minimum absolute atomic E-state index is 0.363. The van der Waals surface area contributed by atoms with E-state index in [0.29, 0.717) is 27.3 Å². The highest BCUT2D eigenvalue weighted by Gasteiger charge is 2.09. The van der Waals surface area contributed by atoms with E-state index in [4.69, 9.17) is 34.8 Å². The minimum atomic E-state index is -0.363. The average molecular weight is 383 g/mol. The van der Waals surface area contributed by atoms with Gasteiger partial charge in [0, 0.05) is 16.0 Å². The Labute approximate surface area is 133 Å². The van der Waals surface area contributed by atoms with Gasteiger partial charge in [0.2, 0.25) is 0 Å². The van der Waals surface area contributed by atoms with Crippen LogP contribution in [0.4, 0.5) is 10.1 Å². The van der Waals surface area contributed by atoms with Gasteiger partial charge in [0.1, 0.15) is 5.82 Å². The molecule has 0 aliphatic heterocycles. The second kappa shape index (κ2) is 6.31. The van der Waals surface area contributed by atoms with Crippen LogP contribution in [0.5, 0.6) is 0 Å². The van der Waals surface area contributed by atoms with Gasteiger partial charge >= 0.3 is 0 Å². The highest BCUT2D eigenvalue weighted by Crippen LogP contribution is 2.36. The van der Waals surface area contributed by atoms with E-state index in [9.17, 15) is 4.39 Å². The molecule has 2 aromatic carbocycles. The Morgan fingerprint density at radius 3 is 2.47 bits per heavy atom. The average Bonchev–Trinajstić information content (AvgIpc) is 2.37. The minimum Gasteiger partial charge on any atom is -0.380 e. The molecule has 0 saturated carbocycles. The molecule has 0 saturated heterocycles. The summed E-state index contributed by atoms with van der Waals surface area (Å²) in [5.41, 5.74) is 1.47. The molecule has 1 nitrogen and oxygen atoms in total. The van der Waals surface area contributed by atoms with Gasteiger partial charge in [0.05, 0.1) is 15.7 Å². The van der Waals surface area contributed by atoms with Crippen LogP contribution < -0.4 is 5.32 Å². The van der Waals surface area contributed by atoms with Crippen LogP contribution in [0.15, 0.2) is 34.8 Å². The van der Waals surface area contributed by atoms with Crippen LogP contribution in [0.3, 0.4) is 0 Å². The lowest BCUT2D eigenvalue weighted by Crippen LogP contribution is -2.01. The molecule has 2 aromatic rings. The molecule has 0 atom stereocenters. The predicted octanol–water partition coefficient (Wildman–Crippen LogP) is 6.16. The van der Waals surface area contributed by atoms with Crippen molar-refractivity contribution < 1.29 is 4.39 Å². The summed E-state index contributed by atoms with van der Waals surface area (Å²) >= 11 is 21.4. The van der Waals surface area contributed by atoms with E-state index >= 15 is 0 Å². The topological polar surface area (TPSA) is 12.0 Å². The smallest absolute Gasteiger partial charge is 0.124 e. The molecule has 0 radical (unpaired) electrons. The molecule has 0 aromatic heterocycles. The van der Waals surface area contributed by atoms with E-state index in [-0.39, 0.29) is 5.82 Å². The van der Waals surface area contributed by atoms with Gasteiger partial charge < -0.3 is 5.32 Å². The molecular formula is C13H8BrCl3FN. The number of nitrogens with one attached hydrogen (secondary N) is 1. The monoisotopic (exact) mass is 381 g/mol. The van der Waals surface area contributed by atoms with E-state index in [1.807, 2.05) is 0 Å². The Kier molecular flexibility index (Phi) is 4.96. The highest BCUT2D eigenvalue weighted by molar-refractivity contribution is 9.10. The summed E-state index contributed by atoms with van der Waals surface area (Å²) in [5.74, 6) is -0.363. The van der Waals surface area contributed by atoms with Crippen molar-refractivity contribution >= 4 is 56.4 Å². The fourth-order valence-electron chi connectivity index (χ4n) is 1.52. The maximum atomic E-state index is 12.9. The first kappa shape index (κ1) is 14.9. The Bertz CT molecular complexity index is 619. The maximum Gasteiger partial charge on any atom is 0.124 e. The number of anilines is 1. The molecule has 0 aliphatic rings. The fraction of sp³-hybridized carbons (Fsp3) is 0.0769. The molecule has 0 bridgehead atoms. The van der Waals surface area contributed by atoms with Crippen molar-refractivity contribution in [1.82, 2.24) is 0 Å². The van der Waals surface area contributed by atoms with Crippen LogP contribution in [0.1, 0.15) is 5.56 Å². The molecule has 19 heavy (non-hydrogen) atoms. The standard InChI is InChI=1S/C13H8BrCl3FN/c14-9-3-4-11(13(17)12(9)16)19-6-7-1-2-8(18)5-10(7)15/h1-5,19H,6H2. The summed E-state index contributed by atoms with van der Waals surface area (Å²) in [6.45, 7) is 0.427. The van der Waals surface area contributed by atoms with Crippen molar-refractivity contribution in [3.8, 4) is 0 Å². The Balaban J connectivity index is 2.17. The summed E-state index contributed by atoms with van der Waals surface area (Å²) in [7, 11) is 0. The fourth-order valence-corrected chi connectivity index (χ4v) is 2.59. The molecule has 0 spiro atoms. The van der Waals surface area contributed by atoms with Crippen molar-refractivity contribution in [2.45, 2.75) is 6.54 Å². The number of halogens is 5. The third kappa shape index (κ3) is 3.54. The predicted molar refractivity (Wildman–Crippen MR) is 82.9 cm³/mol. The van der Waals surface area contributed by atoms with Gasteiger partial charge in [-0.2, -0.15) is 0 Å². The van der Waals surface area contributed by atoms with Crippen LogP contribution in [0.25, 0.3) is 0 Å². The molecular weight excluding hydrogens is 375 g/mol. The Morgan fingerprint density at radius 2 is 1.79 bits per heavy atom. The zero-order valence-electron chi connectivity index (χ0n) is 9.48. The summed E-state index contributed by atoms with van der Waals surface area (Å²) in [5, 5.41) is 4.35. The van der Waals surface area contributed by atoms with Crippen LogP contribution in [0, 0.1) is 5.82 Å². The van der Waals surface area contributed by atoms with Gasteiger partial charge in [0.15, 0.2) is 0 Å². The maximum absolute atomic E-state index is 12.9. The van der Waals surface area contributed by atoms with E-state index in [2.05, 4.69) is 21.2 Å². The molecule has 0 amide bonds. The summed E-state index contributed by atoms with van der Waals surface area (Å²) < 4.78 is 13.6. The number of rotatable bonds is 3. The first-order valence-corrected chi connectivity index (χ1v) is 7.23. The summed E-state index contributed by atoms with van der Waals surface area (Å²) in [4.78, 5) is 0. The summed E-state index contributed by atoms with van der Waals surface area (Å²) in [6.07, 6.45) is 0. The zero-order valence-corrected chi connectivity index (χ0v) is 13.3. The molecule has 1 N–H and O–H groups in total. The second-order valence-electron chi connectivity index (χ2n) is 3.81. The SMILES string of the molecule is Fc1ccc(CNc2ccc(Br)c(Cl)c2Cl)c(Cl)c1. The van der Waals surface area contributed by atoms with E-state index in [1.54, 1.807) is 18.2 Å². The first-order chi connectivity index (χ1) is 8.99. The second-order valence-corrected chi connectivity index (χ2v) is 5.83. The molecule has 100 valence electrons. The first-order valence-electron chi connectivity index (χ1n) is 5.30. The van der Waals surface area contributed by atoms with Crippen LogP contribution in [-0.2, 0) is 6.54 Å². The highest BCUT2D eigenvalue weighted by atomic mass is 79.9. The summed E-state index contributed by atoms with van der Waals surface area (Å²) in [6, 6.07) is 7.85. The van der Waals surface area contributed by atoms with Gasteiger partial charge in [-0.05, 0) is 45.8 Å². The van der Waals surface area contributed by atoms with Crippen LogP contribution in [-0.4, -0.2) is 0 Å². The van der Waals surface area contributed by atoms with Gasteiger partial charge in [-0.1, -0.05) is 40.9 Å². The van der Waals surface area contributed by atoms with Crippen molar-refractivity contribution in [2.75, 3.05) is 5.32 Å². The van der Waals surface area contributed by atoms with Gasteiger partial charge in [-0.25, -0.2) is 4.39 Å². The van der Waals surface area contributed by atoms with Gasteiger partial charge in [-0.15, -0.1) is 0 Å². The van der Waals surface area contributed by atoms with Crippen molar-refractivity contribution in [3.63, 3.8) is 0 Å². The molecule has 0 fully saturated rings. The Morgan fingerprint density at radius 1 is 1.05 bits per heavy atom. The molecule has 0 heterocycles. The zero-order chi connectivity index (χ0) is 14.0. The van der Waals surface area contributed by atoms with Crippen LogP contribution >= 0.6 is 50.7 Å². The largest absolute Gasteiger partial charge is 0.380 e. The third-order valence-electron chi connectivity index (χ3n) is 2.52. The lowest BCUT2D eigenvalue weighted by molar-refractivity contribution is 0.627. The van der Waals surface area contributed by atoms with Crippen molar-refractivity contribution in [1.29, 1.82) is 0 Å². The van der Waals surface area contributed by atoms with Crippen molar-refractivity contribution in [2.24, 2.45) is 0 Å². The number of benzene rings is 2. The van der Waals surface area contributed by atoms with Gasteiger partial charge in [-0.3, -0.25) is 0 Å². The lowest BCUT2D eigenvalue weighted by Gasteiger charge is -2.11. The molecule has 6 heteroatoms. The van der Waals surface area contributed by atoms with Crippen LogP contribution in [0.2, 0.25) is 15.1 Å². The molecule has 0 aliphatic carbocycles. The lowest BCUT2D eigenvalue weighted by atomic mass is 10.2. The molecule has 2 rings (SSSR count). The van der Waals surface area contributed by atoms with Gasteiger partial charge in [0.25, 0.3) is 0 Å². The number of hydrogen-bond donors (Lipinski definition) is 1. The number of hydrogen-bond acceptors (Lipinski definition) is 1. The normalized spacial score (nSPS) is 10.6. The Hall–Kier alpha value is -0.480. The third-order valence-corrected chi connectivity index (χ3v) is 4.64. The van der Waals surface area contributed by atoms with E-state index in [0.717, 1.165) is 10.0 Å². The molecule has 0 unspecified atom stereocenters. The van der Waals surface area contributed by atoms with E-state index < -0.39 is 0 Å². The quantitative estimate of drug-likeness (QED) is 0.626.